The summed E-state index contributed by atoms with van der Waals surface area (Å²) in [5, 5.41) is 20.8. The number of rotatable bonds is 7. The van der Waals surface area contributed by atoms with E-state index in [9.17, 15) is 4.79 Å². The van der Waals surface area contributed by atoms with Gasteiger partial charge in [0.15, 0.2) is 5.65 Å². The van der Waals surface area contributed by atoms with E-state index < -0.39 is 0 Å². The highest BCUT2D eigenvalue weighted by molar-refractivity contribution is 5.99. The maximum atomic E-state index is 12.7. The highest BCUT2D eigenvalue weighted by Gasteiger charge is 2.43. The number of nitrogens with zero attached hydrogens (tertiary/aromatic N) is 5. The molecule has 27 heavy (non-hydrogen) atoms. The molecule has 8 heteroatoms. The first-order chi connectivity index (χ1) is 13.0. The average molecular weight is 368 g/mol. The van der Waals surface area contributed by atoms with Gasteiger partial charge in [-0.2, -0.15) is 10.2 Å². The second-order valence-corrected chi connectivity index (χ2v) is 7.53. The number of aliphatic hydroxyl groups is 1. The Bertz CT molecular complexity index is 985. The maximum absolute atomic E-state index is 12.7. The molecule has 1 fully saturated rings. The third kappa shape index (κ3) is 3.57. The maximum Gasteiger partial charge on any atom is 0.256 e. The van der Waals surface area contributed by atoms with Gasteiger partial charge in [0, 0.05) is 43.2 Å². The van der Waals surface area contributed by atoms with Crippen molar-refractivity contribution in [2.24, 2.45) is 5.41 Å². The standard InChI is InChI=1S/C19H24N6O2/c1-13-7-14(2)25(23-13)12-19(4-5-19)11-21-18(27)16-9-22-24-10-15(3-6-26)8-20-17(16)24/h7-10,26H,3-6,11-12H2,1-2H3,(H,21,27). The average Bonchev–Trinajstić information content (AvgIpc) is 3.15. The summed E-state index contributed by atoms with van der Waals surface area (Å²) >= 11 is 0. The zero-order valence-electron chi connectivity index (χ0n) is 15.6. The Kier molecular flexibility index (Phi) is 4.43. The van der Waals surface area contributed by atoms with Gasteiger partial charge in [-0.15, -0.1) is 0 Å². The summed E-state index contributed by atoms with van der Waals surface area (Å²) in [6.07, 6.45) is 7.70. The van der Waals surface area contributed by atoms with Gasteiger partial charge in [-0.3, -0.25) is 9.48 Å². The molecule has 1 saturated carbocycles. The second-order valence-electron chi connectivity index (χ2n) is 7.53. The monoisotopic (exact) mass is 368 g/mol. The van der Waals surface area contributed by atoms with Gasteiger partial charge in [0.25, 0.3) is 5.91 Å². The van der Waals surface area contributed by atoms with Gasteiger partial charge in [0.1, 0.15) is 5.56 Å². The van der Waals surface area contributed by atoms with Crippen LogP contribution in [-0.4, -0.2) is 48.5 Å². The first-order valence-electron chi connectivity index (χ1n) is 9.22. The fourth-order valence-corrected chi connectivity index (χ4v) is 3.42. The number of hydrogen-bond donors (Lipinski definition) is 2. The predicted molar refractivity (Wildman–Crippen MR) is 99.5 cm³/mol. The number of nitrogens with one attached hydrogen (secondary N) is 1. The Morgan fingerprint density at radius 1 is 1.33 bits per heavy atom. The van der Waals surface area contributed by atoms with Gasteiger partial charge in [-0.05, 0) is 44.7 Å². The Labute approximate surface area is 157 Å². The molecule has 0 unspecified atom stereocenters. The van der Waals surface area contributed by atoms with Crippen molar-refractivity contribution in [3.8, 4) is 0 Å². The van der Waals surface area contributed by atoms with Crippen LogP contribution in [0.3, 0.4) is 0 Å². The molecule has 0 aromatic carbocycles. The molecule has 2 N–H and O–H groups in total. The summed E-state index contributed by atoms with van der Waals surface area (Å²) in [5.74, 6) is -0.160. The van der Waals surface area contributed by atoms with E-state index >= 15 is 0 Å². The summed E-state index contributed by atoms with van der Waals surface area (Å²) in [6.45, 7) is 5.55. The molecule has 0 spiro atoms. The number of carbonyl (C=O) groups is 1. The normalized spacial score (nSPS) is 15.2. The molecule has 0 saturated heterocycles. The van der Waals surface area contributed by atoms with Crippen molar-refractivity contribution in [1.29, 1.82) is 0 Å². The minimum atomic E-state index is -0.160. The van der Waals surface area contributed by atoms with Gasteiger partial charge in [-0.1, -0.05) is 0 Å². The molecule has 1 aliphatic rings. The summed E-state index contributed by atoms with van der Waals surface area (Å²) in [7, 11) is 0. The second kappa shape index (κ2) is 6.77. The summed E-state index contributed by atoms with van der Waals surface area (Å²) in [5.41, 5.74) is 4.12. The molecule has 3 heterocycles. The van der Waals surface area contributed by atoms with Crippen molar-refractivity contribution in [2.45, 2.75) is 39.7 Å². The number of amides is 1. The number of aliphatic hydroxyl groups excluding tert-OH is 1. The summed E-state index contributed by atoms with van der Waals surface area (Å²) in [6, 6.07) is 2.07. The van der Waals surface area contributed by atoms with Crippen molar-refractivity contribution in [3.05, 3.63) is 47.2 Å². The van der Waals surface area contributed by atoms with Crippen LogP contribution >= 0.6 is 0 Å². The summed E-state index contributed by atoms with van der Waals surface area (Å²) < 4.78 is 3.62. The van der Waals surface area contributed by atoms with Crippen molar-refractivity contribution in [3.63, 3.8) is 0 Å². The van der Waals surface area contributed by atoms with Gasteiger partial charge < -0.3 is 10.4 Å². The van der Waals surface area contributed by atoms with Gasteiger partial charge in [0.05, 0.1) is 11.9 Å². The first-order valence-corrected chi connectivity index (χ1v) is 9.22. The van der Waals surface area contributed by atoms with Crippen LogP contribution in [0.5, 0.6) is 0 Å². The molecule has 142 valence electrons. The fourth-order valence-electron chi connectivity index (χ4n) is 3.42. The molecule has 3 aromatic rings. The molecular weight excluding hydrogens is 344 g/mol. The van der Waals surface area contributed by atoms with Gasteiger partial charge >= 0.3 is 0 Å². The van der Waals surface area contributed by atoms with Crippen LogP contribution in [0.4, 0.5) is 0 Å². The van der Waals surface area contributed by atoms with Crippen molar-refractivity contribution < 1.29 is 9.90 Å². The van der Waals surface area contributed by atoms with Crippen LogP contribution in [0.25, 0.3) is 5.65 Å². The van der Waals surface area contributed by atoms with E-state index in [1.54, 1.807) is 23.1 Å². The van der Waals surface area contributed by atoms with Crippen LogP contribution in [-0.2, 0) is 13.0 Å². The third-order valence-electron chi connectivity index (χ3n) is 5.22. The fraction of sp³-hybridized carbons (Fsp3) is 0.474. The smallest absolute Gasteiger partial charge is 0.256 e. The van der Waals surface area contributed by atoms with E-state index in [0.717, 1.165) is 36.3 Å². The zero-order chi connectivity index (χ0) is 19.0. The number of fused-ring (bicyclic) bond motifs is 1. The van der Waals surface area contributed by atoms with Gasteiger partial charge in [-0.25, -0.2) is 9.50 Å². The lowest BCUT2D eigenvalue weighted by molar-refractivity contribution is 0.0944. The van der Waals surface area contributed by atoms with Gasteiger partial charge in [0.2, 0.25) is 0 Å². The minimum absolute atomic E-state index is 0.0547. The SMILES string of the molecule is Cc1cc(C)n(CC2(CNC(=O)c3cnn4cc(CCO)cnc34)CC2)n1. The number of carbonyl (C=O) groups excluding carboxylic acids is 1. The molecule has 0 radical (unpaired) electrons. The number of hydrogen-bond acceptors (Lipinski definition) is 5. The lowest BCUT2D eigenvalue weighted by Crippen LogP contribution is -2.32. The molecule has 0 atom stereocenters. The number of aromatic nitrogens is 5. The quantitative estimate of drug-likeness (QED) is 0.655. The lowest BCUT2D eigenvalue weighted by Gasteiger charge is -2.17. The zero-order valence-corrected chi connectivity index (χ0v) is 15.6. The van der Waals surface area contributed by atoms with Crippen LogP contribution in [0.15, 0.2) is 24.7 Å². The van der Waals surface area contributed by atoms with Crippen LogP contribution in [0, 0.1) is 19.3 Å². The Morgan fingerprint density at radius 2 is 2.15 bits per heavy atom. The molecule has 0 bridgehead atoms. The third-order valence-corrected chi connectivity index (χ3v) is 5.22. The highest BCUT2D eigenvalue weighted by atomic mass is 16.3. The topological polar surface area (TPSA) is 97.3 Å². The molecule has 1 aliphatic carbocycles. The number of aryl methyl sites for hydroxylation is 2. The van der Waals surface area contributed by atoms with Crippen molar-refractivity contribution in [2.75, 3.05) is 13.2 Å². The molecule has 0 aliphatic heterocycles. The Balaban J connectivity index is 1.43. The largest absolute Gasteiger partial charge is 0.396 e. The van der Waals surface area contributed by atoms with Crippen molar-refractivity contribution in [1.82, 2.24) is 29.7 Å². The predicted octanol–water partition coefficient (Wildman–Crippen LogP) is 1.29. The van der Waals surface area contributed by atoms with E-state index in [1.807, 2.05) is 11.6 Å². The first kappa shape index (κ1) is 17.7. The van der Waals surface area contributed by atoms with E-state index in [2.05, 4.69) is 33.5 Å². The Hall–Kier alpha value is -2.74. The van der Waals surface area contributed by atoms with E-state index in [1.165, 1.54) is 0 Å². The Morgan fingerprint density at radius 3 is 2.81 bits per heavy atom. The van der Waals surface area contributed by atoms with Crippen molar-refractivity contribution >= 4 is 11.6 Å². The molecule has 8 nitrogen and oxygen atoms in total. The molecule has 1 amide bonds. The lowest BCUT2D eigenvalue weighted by atomic mass is 10.1. The summed E-state index contributed by atoms with van der Waals surface area (Å²) in [4.78, 5) is 17.0. The van der Waals surface area contributed by atoms with Crippen LogP contribution < -0.4 is 5.32 Å². The van der Waals surface area contributed by atoms with Crippen LogP contribution in [0.1, 0.15) is 40.2 Å². The van der Waals surface area contributed by atoms with E-state index in [0.29, 0.717) is 24.2 Å². The minimum Gasteiger partial charge on any atom is -0.396 e. The van der Waals surface area contributed by atoms with E-state index in [-0.39, 0.29) is 17.9 Å². The molecule has 4 rings (SSSR count). The van der Waals surface area contributed by atoms with Crippen LogP contribution in [0.2, 0.25) is 0 Å². The molecular formula is C19H24N6O2. The van der Waals surface area contributed by atoms with E-state index in [4.69, 9.17) is 5.11 Å². The highest BCUT2D eigenvalue weighted by Crippen LogP contribution is 2.46. The molecule has 3 aromatic heterocycles.